The van der Waals surface area contributed by atoms with Gasteiger partial charge in [-0.05, 0) is 12.1 Å². The molecule has 0 aliphatic carbocycles. The van der Waals surface area contributed by atoms with E-state index >= 15 is 0 Å². The van der Waals surface area contributed by atoms with Gasteiger partial charge >= 0.3 is 5.97 Å². The van der Waals surface area contributed by atoms with E-state index < -0.39 is 5.97 Å². The van der Waals surface area contributed by atoms with Crippen LogP contribution in [0.3, 0.4) is 0 Å². The molecule has 0 bridgehead atoms. The Morgan fingerprint density at radius 1 is 1.46 bits per heavy atom. The molecule has 2 rings (SSSR count). The fourth-order valence-corrected chi connectivity index (χ4v) is 0.976. The van der Waals surface area contributed by atoms with Crippen molar-refractivity contribution in [3.63, 3.8) is 0 Å². The van der Waals surface area contributed by atoms with Gasteiger partial charge in [0.2, 0.25) is 5.76 Å². The van der Waals surface area contributed by atoms with Crippen molar-refractivity contribution in [1.29, 1.82) is 0 Å². The molecule has 0 radical (unpaired) electrons. The second-order valence-corrected chi connectivity index (χ2v) is 2.44. The van der Waals surface area contributed by atoms with E-state index in [2.05, 4.69) is 9.68 Å². The lowest BCUT2D eigenvalue weighted by molar-refractivity contribution is 0.0652. The number of rotatable bonds is 2. The van der Waals surface area contributed by atoms with Gasteiger partial charge in [0.25, 0.3) is 0 Å². The second kappa shape index (κ2) is 2.78. The number of hydrogen-bond donors (Lipinski definition) is 1. The minimum Gasteiger partial charge on any atom is -0.475 e. The van der Waals surface area contributed by atoms with Gasteiger partial charge in [-0.2, -0.15) is 0 Å². The quantitative estimate of drug-likeness (QED) is 0.749. The molecule has 0 unspecified atom stereocenters. The molecule has 0 aliphatic rings. The Hall–Kier alpha value is -2.04. The first-order chi connectivity index (χ1) is 6.27. The van der Waals surface area contributed by atoms with Crippen molar-refractivity contribution in [2.45, 2.75) is 0 Å². The number of hydrogen-bond acceptors (Lipinski definition) is 3. The molecule has 0 atom stereocenters. The van der Waals surface area contributed by atoms with Crippen molar-refractivity contribution in [3.05, 3.63) is 36.4 Å². The van der Waals surface area contributed by atoms with Gasteiger partial charge in [0.15, 0.2) is 5.82 Å². The average Bonchev–Trinajstić information content (AvgIpc) is 2.75. The molecule has 2 aromatic rings. The van der Waals surface area contributed by atoms with Crippen LogP contribution in [-0.2, 0) is 0 Å². The van der Waals surface area contributed by atoms with Crippen molar-refractivity contribution in [2.75, 3.05) is 0 Å². The maximum atomic E-state index is 10.4. The second-order valence-electron chi connectivity index (χ2n) is 2.44. The van der Waals surface area contributed by atoms with E-state index in [0.717, 1.165) is 0 Å². The highest BCUT2D eigenvalue weighted by Gasteiger charge is 2.10. The molecule has 0 spiro atoms. The third kappa shape index (κ3) is 1.31. The topological polar surface area (TPSA) is 68.3 Å². The molecule has 0 amide bonds. The van der Waals surface area contributed by atoms with Gasteiger partial charge in [-0.3, -0.25) is 0 Å². The highest BCUT2D eigenvalue weighted by atomic mass is 16.5. The Labute approximate surface area is 73.2 Å². The van der Waals surface area contributed by atoms with E-state index in [9.17, 15) is 4.79 Å². The van der Waals surface area contributed by atoms with Crippen molar-refractivity contribution >= 4 is 5.97 Å². The van der Waals surface area contributed by atoms with Crippen LogP contribution in [0.25, 0.3) is 5.82 Å². The zero-order chi connectivity index (χ0) is 9.26. The summed E-state index contributed by atoms with van der Waals surface area (Å²) >= 11 is 0. The summed E-state index contributed by atoms with van der Waals surface area (Å²) in [5.74, 6) is -0.822. The zero-order valence-electron chi connectivity index (χ0n) is 6.54. The molecular formula is C8H6N2O3. The van der Waals surface area contributed by atoms with Crippen molar-refractivity contribution in [2.24, 2.45) is 0 Å². The number of aromatic carboxylic acids is 1. The average molecular weight is 178 g/mol. The molecule has 2 heterocycles. The smallest absolute Gasteiger partial charge is 0.374 e. The highest BCUT2D eigenvalue weighted by molar-refractivity contribution is 5.84. The van der Waals surface area contributed by atoms with E-state index in [4.69, 9.17) is 5.11 Å². The standard InChI is InChI=1S/C8H6N2O3/c11-8(12)6-5-7(9-13-6)10-3-1-2-4-10/h1-5H,(H,11,12). The number of carbonyl (C=O) groups is 1. The van der Waals surface area contributed by atoms with Crippen LogP contribution in [0.2, 0.25) is 0 Å². The monoisotopic (exact) mass is 178 g/mol. The maximum absolute atomic E-state index is 10.4. The van der Waals surface area contributed by atoms with Crippen LogP contribution in [0.1, 0.15) is 10.6 Å². The van der Waals surface area contributed by atoms with Crippen molar-refractivity contribution in [3.8, 4) is 5.82 Å². The fourth-order valence-electron chi connectivity index (χ4n) is 0.976. The van der Waals surface area contributed by atoms with Crippen molar-refractivity contribution < 1.29 is 14.4 Å². The predicted molar refractivity (Wildman–Crippen MR) is 42.8 cm³/mol. The van der Waals surface area contributed by atoms with Crippen LogP contribution in [0, 0.1) is 0 Å². The van der Waals surface area contributed by atoms with Crippen LogP contribution in [0.4, 0.5) is 0 Å². The molecule has 66 valence electrons. The molecule has 0 aliphatic heterocycles. The number of carboxylic acids is 1. The molecule has 0 fully saturated rings. The molecule has 5 nitrogen and oxygen atoms in total. The first-order valence-corrected chi connectivity index (χ1v) is 3.61. The Bertz CT molecular complexity index is 416. The van der Waals surface area contributed by atoms with Gasteiger partial charge in [0, 0.05) is 18.5 Å². The Morgan fingerprint density at radius 2 is 2.15 bits per heavy atom. The van der Waals surface area contributed by atoms with Crippen LogP contribution in [0.5, 0.6) is 0 Å². The Balaban J connectivity index is 2.39. The van der Waals surface area contributed by atoms with Crippen LogP contribution < -0.4 is 0 Å². The molecule has 2 aromatic heterocycles. The summed E-state index contributed by atoms with van der Waals surface area (Å²) in [7, 11) is 0. The molecule has 1 N–H and O–H groups in total. The summed E-state index contributed by atoms with van der Waals surface area (Å²) in [6, 6.07) is 4.99. The minimum atomic E-state index is -1.12. The first kappa shape index (κ1) is 7.60. The Kier molecular flexibility index (Phi) is 1.63. The molecule has 0 saturated heterocycles. The predicted octanol–water partition coefficient (Wildman–Crippen LogP) is 1.16. The van der Waals surface area contributed by atoms with E-state index in [1.54, 1.807) is 17.0 Å². The summed E-state index contributed by atoms with van der Waals surface area (Å²) < 4.78 is 6.24. The lowest BCUT2D eigenvalue weighted by Gasteiger charge is -1.90. The van der Waals surface area contributed by atoms with Crippen LogP contribution in [-0.4, -0.2) is 20.8 Å². The Morgan fingerprint density at radius 3 is 2.69 bits per heavy atom. The SMILES string of the molecule is O=C(O)c1cc(-n2cccc2)no1. The van der Waals surface area contributed by atoms with Gasteiger partial charge in [0.05, 0.1) is 0 Å². The largest absolute Gasteiger partial charge is 0.475 e. The van der Waals surface area contributed by atoms with E-state index in [0.29, 0.717) is 5.82 Å². The van der Waals surface area contributed by atoms with E-state index in [-0.39, 0.29) is 5.76 Å². The van der Waals surface area contributed by atoms with Gasteiger partial charge in [-0.1, -0.05) is 5.16 Å². The summed E-state index contributed by atoms with van der Waals surface area (Å²) in [5.41, 5.74) is 0. The third-order valence-electron chi connectivity index (χ3n) is 1.58. The first-order valence-electron chi connectivity index (χ1n) is 3.61. The molecular weight excluding hydrogens is 172 g/mol. The molecule has 0 saturated carbocycles. The summed E-state index contributed by atoms with van der Waals surface area (Å²) in [6.45, 7) is 0. The maximum Gasteiger partial charge on any atom is 0.374 e. The van der Waals surface area contributed by atoms with Gasteiger partial charge < -0.3 is 14.2 Å². The number of nitrogens with zero attached hydrogens (tertiary/aromatic N) is 2. The number of aromatic nitrogens is 2. The fraction of sp³-hybridized carbons (Fsp3) is 0. The molecule has 13 heavy (non-hydrogen) atoms. The molecule has 5 heteroatoms. The third-order valence-corrected chi connectivity index (χ3v) is 1.58. The summed E-state index contributed by atoms with van der Waals surface area (Å²) in [6.07, 6.45) is 3.51. The minimum absolute atomic E-state index is 0.163. The van der Waals surface area contributed by atoms with Crippen LogP contribution >= 0.6 is 0 Å². The van der Waals surface area contributed by atoms with Gasteiger partial charge in [-0.15, -0.1) is 0 Å². The lowest BCUT2D eigenvalue weighted by Crippen LogP contribution is -1.92. The molecule has 0 aromatic carbocycles. The normalized spacial score (nSPS) is 10.2. The highest BCUT2D eigenvalue weighted by Crippen LogP contribution is 2.08. The van der Waals surface area contributed by atoms with Gasteiger partial charge in [0.1, 0.15) is 0 Å². The number of carboxylic acid groups (broad SMARTS) is 1. The summed E-state index contributed by atoms with van der Waals surface area (Å²) in [5, 5.41) is 12.1. The van der Waals surface area contributed by atoms with Gasteiger partial charge in [-0.25, -0.2) is 4.79 Å². The summed E-state index contributed by atoms with van der Waals surface area (Å²) in [4.78, 5) is 10.4. The zero-order valence-corrected chi connectivity index (χ0v) is 6.54. The lowest BCUT2D eigenvalue weighted by atomic mass is 10.4. The van der Waals surface area contributed by atoms with E-state index in [1.807, 2.05) is 12.1 Å². The van der Waals surface area contributed by atoms with Crippen molar-refractivity contribution in [1.82, 2.24) is 9.72 Å². The van der Waals surface area contributed by atoms with Crippen LogP contribution in [0.15, 0.2) is 35.1 Å². The van der Waals surface area contributed by atoms with E-state index in [1.165, 1.54) is 6.07 Å².